The number of aldehydes is 1. The van der Waals surface area contributed by atoms with Crippen LogP contribution in [0.3, 0.4) is 0 Å². The molecular formula is C12H13F2NO3S. The number of carbonyl (C=O) groups excluding carboxylic acids is 1. The molecule has 1 aromatic carbocycles. The molecule has 0 aliphatic carbocycles. The summed E-state index contributed by atoms with van der Waals surface area (Å²) in [5.74, 6) is -2.79. The third kappa shape index (κ3) is 2.98. The summed E-state index contributed by atoms with van der Waals surface area (Å²) in [5, 5.41) is 0. The molecule has 1 saturated heterocycles. The van der Waals surface area contributed by atoms with Crippen molar-refractivity contribution in [3.05, 3.63) is 29.8 Å². The molecule has 2 rings (SSSR count). The Bertz CT molecular complexity index is 576. The number of hydrogen-bond donors (Lipinski definition) is 0. The lowest BCUT2D eigenvalue weighted by Gasteiger charge is -2.30. The van der Waals surface area contributed by atoms with Crippen LogP contribution in [-0.2, 0) is 10.0 Å². The summed E-state index contributed by atoms with van der Waals surface area (Å²) in [6, 6.07) is 5.54. The van der Waals surface area contributed by atoms with E-state index >= 15 is 0 Å². The Morgan fingerprint density at radius 2 is 1.84 bits per heavy atom. The Kier molecular flexibility index (Phi) is 3.69. The van der Waals surface area contributed by atoms with Crippen LogP contribution in [0.5, 0.6) is 0 Å². The van der Waals surface area contributed by atoms with Crippen molar-refractivity contribution in [2.75, 3.05) is 13.1 Å². The van der Waals surface area contributed by atoms with Crippen molar-refractivity contribution in [1.82, 2.24) is 4.31 Å². The van der Waals surface area contributed by atoms with E-state index in [0.29, 0.717) is 6.29 Å². The molecule has 7 heteroatoms. The van der Waals surface area contributed by atoms with Gasteiger partial charge in [0.15, 0.2) is 0 Å². The van der Waals surface area contributed by atoms with Gasteiger partial charge in [-0.2, -0.15) is 4.31 Å². The predicted octanol–water partition coefficient (Wildman–Crippen LogP) is 1.92. The molecule has 1 fully saturated rings. The Balaban J connectivity index is 2.25. The molecule has 0 N–H and O–H groups in total. The van der Waals surface area contributed by atoms with Gasteiger partial charge in [-0.15, -0.1) is 0 Å². The van der Waals surface area contributed by atoms with Gasteiger partial charge in [-0.05, 0) is 12.1 Å². The number of piperidine rings is 1. The maximum Gasteiger partial charge on any atom is 0.250 e. The van der Waals surface area contributed by atoms with E-state index in [1.165, 1.54) is 24.3 Å². The van der Waals surface area contributed by atoms with E-state index in [0.717, 1.165) is 4.31 Å². The molecule has 0 amide bonds. The minimum absolute atomic E-state index is 0.0395. The average Bonchev–Trinajstić information content (AvgIpc) is 2.38. The SMILES string of the molecule is O=Cc1cccc(S(=O)(=O)N2CCC(F)(F)CC2)c1. The van der Waals surface area contributed by atoms with Crippen LogP contribution in [0, 0.1) is 0 Å². The summed E-state index contributed by atoms with van der Waals surface area (Å²) in [6.45, 7) is -0.415. The van der Waals surface area contributed by atoms with E-state index in [2.05, 4.69) is 0 Å². The zero-order valence-electron chi connectivity index (χ0n) is 10.1. The van der Waals surface area contributed by atoms with Crippen molar-refractivity contribution in [2.45, 2.75) is 23.7 Å². The summed E-state index contributed by atoms with van der Waals surface area (Å²) in [7, 11) is -3.80. The van der Waals surface area contributed by atoms with Crippen LogP contribution in [0.4, 0.5) is 8.78 Å². The number of halogens is 2. The Hall–Kier alpha value is -1.34. The van der Waals surface area contributed by atoms with Crippen molar-refractivity contribution >= 4 is 16.3 Å². The van der Waals surface area contributed by atoms with Crippen LogP contribution in [0.15, 0.2) is 29.2 Å². The standard InChI is InChI=1S/C12H13F2NO3S/c13-12(14)4-6-15(7-5-12)19(17,18)11-3-1-2-10(8-11)9-16/h1-3,8-9H,4-7H2. The van der Waals surface area contributed by atoms with Crippen LogP contribution in [0.2, 0.25) is 0 Å². The van der Waals surface area contributed by atoms with Gasteiger partial charge in [-0.1, -0.05) is 12.1 Å². The molecule has 1 aliphatic rings. The number of rotatable bonds is 3. The largest absolute Gasteiger partial charge is 0.298 e. The normalized spacial score (nSPS) is 20.1. The fraction of sp³-hybridized carbons (Fsp3) is 0.417. The summed E-state index contributed by atoms with van der Waals surface area (Å²) in [5.41, 5.74) is 0.239. The van der Waals surface area contributed by atoms with E-state index < -0.39 is 28.8 Å². The minimum Gasteiger partial charge on any atom is -0.298 e. The lowest BCUT2D eigenvalue weighted by atomic mass is 10.1. The maximum atomic E-state index is 13.0. The van der Waals surface area contributed by atoms with Crippen molar-refractivity contribution in [1.29, 1.82) is 0 Å². The number of sulfonamides is 1. The molecule has 104 valence electrons. The fourth-order valence-electron chi connectivity index (χ4n) is 1.95. The lowest BCUT2D eigenvalue weighted by molar-refractivity contribution is -0.0412. The summed E-state index contributed by atoms with van der Waals surface area (Å²) in [4.78, 5) is 10.6. The molecule has 1 heterocycles. The van der Waals surface area contributed by atoms with Gasteiger partial charge in [0.25, 0.3) is 5.92 Å². The van der Waals surface area contributed by atoms with Crippen LogP contribution >= 0.6 is 0 Å². The summed E-state index contributed by atoms with van der Waals surface area (Å²) >= 11 is 0. The van der Waals surface area contributed by atoms with Gasteiger partial charge in [0.1, 0.15) is 6.29 Å². The maximum absolute atomic E-state index is 13.0. The first kappa shape index (κ1) is 14.1. The third-order valence-corrected chi connectivity index (χ3v) is 4.98. The molecule has 0 unspecified atom stereocenters. The topological polar surface area (TPSA) is 54.5 Å². The van der Waals surface area contributed by atoms with Crippen LogP contribution < -0.4 is 0 Å². The molecule has 0 aromatic heterocycles. The van der Waals surface area contributed by atoms with Gasteiger partial charge < -0.3 is 0 Å². The second kappa shape index (κ2) is 4.97. The first-order valence-corrected chi connectivity index (χ1v) is 7.22. The number of carbonyl (C=O) groups is 1. The number of alkyl halides is 2. The van der Waals surface area contributed by atoms with E-state index in [9.17, 15) is 22.0 Å². The molecule has 0 spiro atoms. The number of nitrogens with zero attached hydrogens (tertiary/aromatic N) is 1. The highest BCUT2D eigenvalue weighted by Crippen LogP contribution is 2.30. The van der Waals surface area contributed by atoms with Crippen LogP contribution in [-0.4, -0.2) is 38.0 Å². The highest BCUT2D eigenvalue weighted by Gasteiger charge is 2.38. The zero-order valence-corrected chi connectivity index (χ0v) is 10.9. The van der Waals surface area contributed by atoms with Crippen molar-refractivity contribution in [3.8, 4) is 0 Å². The van der Waals surface area contributed by atoms with Gasteiger partial charge in [0.2, 0.25) is 10.0 Å². The van der Waals surface area contributed by atoms with E-state index in [1.54, 1.807) is 0 Å². The van der Waals surface area contributed by atoms with Gasteiger partial charge in [0.05, 0.1) is 4.90 Å². The second-order valence-corrected chi connectivity index (χ2v) is 6.39. The zero-order chi connectivity index (χ0) is 14.1. The first-order valence-electron chi connectivity index (χ1n) is 5.78. The first-order chi connectivity index (χ1) is 8.85. The predicted molar refractivity (Wildman–Crippen MR) is 64.8 cm³/mol. The van der Waals surface area contributed by atoms with Crippen molar-refractivity contribution in [2.24, 2.45) is 0 Å². The van der Waals surface area contributed by atoms with E-state index in [4.69, 9.17) is 0 Å². The van der Waals surface area contributed by atoms with E-state index in [-0.39, 0.29) is 23.5 Å². The highest BCUT2D eigenvalue weighted by atomic mass is 32.2. The van der Waals surface area contributed by atoms with Crippen LogP contribution in [0.1, 0.15) is 23.2 Å². The minimum atomic E-state index is -3.80. The fourth-order valence-corrected chi connectivity index (χ4v) is 3.45. The van der Waals surface area contributed by atoms with Crippen LogP contribution in [0.25, 0.3) is 0 Å². The molecule has 0 saturated carbocycles. The van der Waals surface area contributed by atoms with Gasteiger partial charge in [-0.25, -0.2) is 17.2 Å². The Morgan fingerprint density at radius 3 is 2.42 bits per heavy atom. The molecule has 0 atom stereocenters. The van der Waals surface area contributed by atoms with Gasteiger partial charge >= 0.3 is 0 Å². The van der Waals surface area contributed by atoms with Crippen molar-refractivity contribution < 1.29 is 22.0 Å². The van der Waals surface area contributed by atoms with Gasteiger partial charge in [0, 0.05) is 31.5 Å². The third-order valence-electron chi connectivity index (χ3n) is 3.09. The highest BCUT2D eigenvalue weighted by molar-refractivity contribution is 7.89. The monoisotopic (exact) mass is 289 g/mol. The Morgan fingerprint density at radius 1 is 1.21 bits per heavy atom. The van der Waals surface area contributed by atoms with Crippen molar-refractivity contribution in [3.63, 3.8) is 0 Å². The molecule has 1 aliphatic heterocycles. The molecule has 1 aromatic rings. The second-order valence-electron chi connectivity index (χ2n) is 4.45. The molecule has 4 nitrogen and oxygen atoms in total. The quantitative estimate of drug-likeness (QED) is 0.799. The molecule has 0 radical (unpaired) electrons. The molecule has 0 bridgehead atoms. The summed E-state index contributed by atoms with van der Waals surface area (Å²) in [6.07, 6.45) is -0.400. The van der Waals surface area contributed by atoms with E-state index in [1.807, 2.05) is 0 Å². The Labute approximate surface area is 110 Å². The van der Waals surface area contributed by atoms with Gasteiger partial charge in [-0.3, -0.25) is 4.79 Å². The number of benzene rings is 1. The molecule has 19 heavy (non-hydrogen) atoms. The number of hydrogen-bond acceptors (Lipinski definition) is 3. The smallest absolute Gasteiger partial charge is 0.250 e. The lowest BCUT2D eigenvalue weighted by Crippen LogP contribution is -2.42. The average molecular weight is 289 g/mol. The molecular weight excluding hydrogens is 276 g/mol. The summed E-state index contributed by atoms with van der Waals surface area (Å²) < 4.78 is 51.5.